The Labute approximate surface area is 630 Å². The zero-order valence-electron chi connectivity index (χ0n) is 58.6. The molecule has 562 valence electrons. The van der Waals surface area contributed by atoms with E-state index in [1.54, 1.807) is 21.9 Å². The molecule has 9 N–H and O–H groups in total. The van der Waals surface area contributed by atoms with Gasteiger partial charge in [0.05, 0.1) is 66.8 Å². The third-order valence-corrected chi connectivity index (χ3v) is 21.5. The number of rotatable bonds is 20. The third-order valence-electron chi connectivity index (χ3n) is 21.5. The first-order valence-corrected chi connectivity index (χ1v) is 36.8. The van der Waals surface area contributed by atoms with Crippen LogP contribution in [-0.2, 0) is 42.2 Å². The van der Waals surface area contributed by atoms with E-state index >= 15 is 0 Å². The number of aliphatic hydroxyl groups excluding tert-OH is 9. The van der Waals surface area contributed by atoms with E-state index in [4.69, 9.17) is 45.3 Å². The Balaban J connectivity index is 0.000000164. The number of β-lactam (4-membered cyclic amide) rings is 2. The van der Waals surface area contributed by atoms with Gasteiger partial charge >= 0.3 is 15.0 Å². The lowest BCUT2D eigenvalue weighted by molar-refractivity contribution is -0.716. The van der Waals surface area contributed by atoms with Crippen molar-refractivity contribution >= 4 is 67.2 Å². The average molecular weight is 1510 g/mol. The topological polar surface area (TPSA) is 267 Å². The Bertz CT molecular complexity index is 4180. The maximum atomic E-state index is 13.6. The number of ketones is 1. The summed E-state index contributed by atoms with van der Waals surface area (Å²) in [4.78, 5) is 42.5. The van der Waals surface area contributed by atoms with Crippen molar-refractivity contribution < 1.29 is 96.3 Å². The molecule has 0 aliphatic carbocycles. The summed E-state index contributed by atoms with van der Waals surface area (Å²) in [6.07, 6.45) is -9.38. The molecule has 6 aliphatic heterocycles. The molecule has 0 bridgehead atoms. The summed E-state index contributed by atoms with van der Waals surface area (Å²) in [5.41, 5.74) is 7.09. The second kappa shape index (κ2) is 35.8. The summed E-state index contributed by atoms with van der Waals surface area (Å²) in [5.74, 6) is -3.22. The highest BCUT2D eigenvalue weighted by atomic mass is 35.5. The predicted molar refractivity (Wildman–Crippen MR) is 395 cm³/mol. The van der Waals surface area contributed by atoms with Crippen LogP contribution in [0, 0.1) is 35.1 Å². The van der Waals surface area contributed by atoms with Gasteiger partial charge in [-0.2, -0.15) is 0 Å². The molecule has 17 atom stereocenters. The van der Waals surface area contributed by atoms with Gasteiger partial charge in [0.1, 0.15) is 72.1 Å². The largest absolute Gasteiger partial charge is 0.550 e. The minimum atomic E-state index is -1.46. The van der Waals surface area contributed by atoms with Crippen LogP contribution >= 0.6 is 23.2 Å². The van der Waals surface area contributed by atoms with Gasteiger partial charge in [-0.15, -0.1) is 23.2 Å². The highest BCUT2D eigenvalue weighted by Crippen LogP contribution is 2.53. The molecule has 2 amide bonds. The summed E-state index contributed by atoms with van der Waals surface area (Å²) >= 11 is 9.53. The summed E-state index contributed by atoms with van der Waals surface area (Å²) < 4.78 is 72.1. The molecule has 8 aromatic rings. The van der Waals surface area contributed by atoms with Crippen LogP contribution in [0.4, 0.5) is 28.9 Å². The van der Waals surface area contributed by atoms with Gasteiger partial charge in [0, 0.05) is 56.0 Å². The van der Waals surface area contributed by atoms with E-state index < -0.39 is 127 Å². The van der Waals surface area contributed by atoms with E-state index in [0.717, 1.165) is 41.6 Å². The highest BCUT2D eigenvalue weighted by Gasteiger charge is 2.66. The minimum Gasteiger partial charge on any atom is -0.437 e. The molecule has 18 nitrogen and oxygen atoms in total. The molecule has 6 heterocycles. The van der Waals surface area contributed by atoms with Crippen molar-refractivity contribution in [1.29, 1.82) is 0 Å². The number of amides is 2. The van der Waals surface area contributed by atoms with E-state index in [2.05, 4.69) is 67.5 Å². The molecule has 6 saturated heterocycles. The number of carbonyl (C=O) groups is 3. The number of nitrogens with zero attached hydrogens (tertiary/aromatic N) is 3. The molecular formula is C81H86B2Cl2F4N3O15+. The first-order valence-electron chi connectivity index (χ1n) is 35.7. The lowest BCUT2D eigenvalue weighted by atomic mass is 9.75. The second-order valence-corrected chi connectivity index (χ2v) is 28.7. The number of anilines is 2. The van der Waals surface area contributed by atoms with Crippen LogP contribution < -0.4 is 9.80 Å². The van der Waals surface area contributed by atoms with Crippen LogP contribution in [0.1, 0.15) is 106 Å². The molecule has 6 fully saturated rings. The maximum Gasteiger partial charge on any atom is 0.550 e. The van der Waals surface area contributed by atoms with Crippen molar-refractivity contribution in [3.63, 3.8) is 0 Å². The fourth-order valence-corrected chi connectivity index (χ4v) is 15.8. The lowest BCUT2D eigenvalue weighted by Crippen LogP contribution is -2.59. The SMILES string of the molecule is ClCCl.O=C(CC[C@H]1C(=O)N(c2ccc(F)cc2)[C@@H]1c1ccc(C[C@@H]2O[C@H](CO)[C@@H](O)[C@H](O)[C@H]2O)cc1)c1ccc(F)cc1.O=C1[C@H](CC[C@H](O)c2ccc(F)cc2)[C@@H](c2ccc(C[C@@H]3O[C@H](CO)[C@@H](O)[C@H](O)[C@H]3O)cc2)N1c1ccc(F)cc1.[B][N@+]12CCC[C@@H]1C(c1ccccc1)(c1ccccc1)OB2C. The molecule has 0 spiro atoms. The van der Waals surface area contributed by atoms with Crippen LogP contribution in [0.2, 0.25) is 6.82 Å². The number of quaternary nitrogens is 1. The number of ether oxygens (including phenoxy) is 2. The summed E-state index contributed by atoms with van der Waals surface area (Å²) in [5, 5.41) is 90.8. The van der Waals surface area contributed by atoms with Gasteiger partial charge in [-0.1, -0.05) is 121 Å². The second-order valence-electron chi connectivity index (χ2n) is 27.9. The van der Waals surface area contributed by atoms with Gasteiger partial charge in [0.2, 0.25) is 11.8 Å². The van der Waals surface area contributed by atoms with Gasteiger partial charge in [-0.3, -0.25) is 14.4 Å². The fourth-order valence-electron chi connectivity index (χ4n) is 15.8. The van der Waals surface area contributed by atoms with Gasteiger partial charge in [-0.05, 0) is 150 Å². The van der Waals surface area contributed by atoms with E-state index in [9.17, 15) is 77.9 Å². The van der Waals surface area contributed by atoms with Crippen molar-refractivity contribution in [1.82, 2.24) is 0 Å². The Morgan fingerprint density at radius 3 is 1.35 bits per heavy atom. The number of aliphatic hydroxyl groups is 9. The molecular weight excluding hydrogens is 1420 g/mol. The number of alkyl halides is 2. The molecule has 6 aliphatic rings. The van der Waals surface area contributed by atoms with E-state index in [0.29, 0.717) is 33.2 Å². The number of hydrogen-bond acceptors (Lipinski definition) is 15. The first-order chi connectivity index (χ1) is 51.4. The van der Waals surface area contributed by atoms with Crippen LogP contribution in [0.5, 0.6) is 0 Å². The van der Waals surface area contributed by atoms with Gasteiger partial charge < -0.3 is 74.2 Å². The average Bonchev–Trinajstić information content (AvgIpc) is 1.62. The van der Waals surface area contributed by atoms with Crippen molar-refractivity contribution in [3.05, 3.63) is 274 Å². The van der Waals surface area contributed by atoms with Crippen LogP contribution in [-0.4, -0.2) is 175 Å². The minimum absolute atomic E-state index is 0.00733. The van der Waals surface area contributed by atoms with Gasteiger partial charge in [0.25, 0.3) is 0 Å². The zero-order chi connectivity index (χ0) is 76.4. The number of halogens is 6. The standard InChI is InChI=1S/C31H33F2NO7.C31H31F2NO7.C18H20B2NO.CH2Cl2/c2*32-20-7-5-18(6-8-20)24(36)14-13-23-27(34(31(23)40)22-11-9-21(33)10-12-22)19-3-1-17(2-4-19)15-25-28(37)30(39)29(38)26(16-35)41-25;1-20-21(19)14-8-13-17(21)18(22-20,15-9-4-2-5-10-15)16-11-6-3-7-12-16;2-1-3/h1-12,23-30,35-39H,13-16H2;1-12,23,25-30,35,37-39H,13-16H2;2-7,9-12,17H,8,13-14H2,1H3;1H2/q;;+1;/t23-,24+,25+,26-,27-,28+,29-,30-;23-,25+,26-,27-,28+,29-,30-;17-,21+;/m111./s1. The molecule has 26 heteroatoms. The smallest absolute Gasteiger partial charge is 0.437 e. The Morgan fingerprint density at radius 1 is 0.551 bits per heavy atom. The normalized spacial score (nSPS) is 28.0. The molecule has 107 heavy (non-hydrogen) atoms. The fraction of sp³-hybridized carbons (Fsp3) is 0.370. The van der Waals surface area contributed by atoms with E-state index in [-0.39, 0.29) is 74.2 Å². The lowest BCUT2D eigenvalue weighted by Gasteiger charge is -2.48. The Hall–Kier alpha value is -7.72. The number of fused-ring (bicyclic) bond motifs is 1. The van der Waals surface area contributed by atoms with Gasteiger partial charge in [0.15, 0.2) is 11.4 Å². The highest BCUT2D eigenvalue weighted by molar-refractivity contribution is 6.47. The van der Waals surface area contributed by atoms with Crippen molar-refractivity contribution in [3.8, 4) is 0 Å². The van der Waals surface area contributed by atoms with Crippen LogP contribution in [0.25, 0.3) is 0 Å². The monoisotopic (exact) mass is 1510 g/mol. The predicted octanol–water partition coefficient (Wildman–Crippen LogP) is 9.85. The van der Waals surface area contributed by atoms with Crippen molar-refractivity contribution in [2.45, 2.75) is 149 Å². The van der Waals surface area contributed by atoms with Crippen molar-refractivity contribution in [2.24, 2.45) is 11.8 Å². The Kier molecular flexibility index (Phi) is 26.8. The third kappa shape index (κ3) is 17.5. The van der Waals surface area contributed by atoms with Gasteiger partial charge in [-0.25, -0.2) is 17.6 Å². The summed E-state index contributed by atoms with van der Waals surface area (Å²) in [6, 6.07) is 57.3. The van der Waals surface area contributed by atoms with E-state index in [1.165, 1.54) is 108 Å². The number of Topliss-reactive ketones (excluding diaryl/α,β-unsaturated/α-hetero) is 1. The zero-order valence-corrected chi connectivity index (χ0v) is 60.1. The molecule has 8 aromatic carbocycles. The van der Waals surface area contributed by atoms with Crippen molar-refractivity contribution in [2.75, 3.05) is 34.9 Å². The molecule has 0 saturated carbocycles. The number of hydrogen-bond donors (Lipinski definition) is 9. The number of benzene rings is 8. The summed E-state index contributed by atoms with van der Waals surface area (Å²) in [6.45, 7) is 2.09. The van der Waals surface area contributed by atoms with E-state index in [1.807, 2.05) is 36.4 Å². The van der Waals surface area contributed by atoms with Crippen LogP contribution in [0.3, 0.4) is 0 Å². The maximum absolute atomic E-state index is 13.6. The summed E-state index contributed by atoms with van der Waals surface area (Å²) in [7, 11) is 6.78. The molecule has 0 unspecified atom stereocenters. The number of carbonyl (C=O) groups excluding carboxylic acids is 3. The molecule has 0 aromatic heterocycles. The quantitative estimate of drug-likeness (QED) is 0.0113. The molecule has 2 radical (unpaired) electrons. The van der Waals surface area contributed by atoms with Crippen LogP contribution in [0.15, 0.2) is 206 Å². The molecule has 14 rings (SSSR count). The first kappa shape index (κ1) is 80.3. The Morgan fingerprint density at radius 2 is 0.935 bits per heavy atom.